The molecule has 1 atom stereocenters. The van der Waals surface area contributed by atoms with Crippen molar-refractivity contribution >= 4 is 23.9 Å². The van der Waals surface area contributed by atoms with Gasteiger partial charge in [-0.25, -0.2) is 10.2 Å². The third-order valence-corrected chi connectivity index (χ3v) is 2.46. The van der Waals surface area contributed by atoms with E-state index in [0.29, 0.717) is 5.56 Å². The minimum Gasteiger partial charge on any atom is -0.447 e. The van der Waals surface area contributed by atoms with E-state index in [1.54, 1.807) is 6.07 Å². The summed E-state index contributed by atoms with van der Waals surface area (Å²) >= 11 is 0. The summed E-state index contributed by atoms with van der Waals surface area (Å²) < 4.78 is 4.56. The number of hydrogen-bond acceptors (Lipinski definition) is 6. The molecule has 9 nitrogen and oxygen atoms in total. The summed E-state index contributed by atoms with van der Waals surface area (Å²) in [5.74, 6) is -0.530. The molecule has 9 heteroatoms. The number of nitrogens with zero attached hydrogens (tertiary/aromatic N) is 2. The van der Waals surface area contributed by atoms with Crippen molar-refractivity contribution in [2.75, 3.05) is 6.61 Å². The molecule has 2 rings (SSSR count). The third-order valence-electron chi connectivity index (χ3n) is 2.46. The zero-order valence-electron chi connectivity index (χ0n) is 10.1. The minimum absolute atomic E-state index is 0.0585. The number of nitro benzene ring substituents is 1. The number of hydrazone groups is 1. The summed E-state index contributed by atoms with van der Waals surface area (Å²) in [6.45, 7) is -0.0585. The number of amides is 2. The standard InChI is InChI=1S/C11H10N4O5/c16-10(9-6-20-11(17)13-9)14-12-5-7-2-1-3-8(4-7)15(18)19/h1-5,9H,6H2,(H,13,17)(H,14,16)/b12-5+. The fourth-order valence-corrected chi connectivity index (χ4v) is 1.49. The van der Waals surface area contributed by atoms with Gasteiger partial charge in [0.2, 0.25) is 0 Å². The number of alkyl carbamates (subject to hydrolysis) is 1. The van der Waals surface area contributed by atoms with E-state index in [0.717, 1.165) is 0 Å². The van der Waals surface area contributed by atoms with Gasteiger partial charge in [0.15, 0.2) is 0 Å². The van der Waals surface area contributed by atoms with E-state index in [1.165, 1.54) is 24.4 Å². The average molecular weight is 278 g/mol. The lowest BCUT2D eigenvalue weighted by molar-refractivity contribution is -0.384. The summed E-state index contributed by atoms with van der Waals surface area (Å²) in [5, 5.41) is 16.5. The molecule has 0 aromatic heterocycles. The smallest absolute Gasteiger partial charge is 0.407 e. The third kappa shape index (κ3) is 3.28. The summed E-state index contributed by atoms with van der Waals surface area (Å²) in [5.41, 5.74) is 2.60. The molecule has 2 amide bonds. The van der Waals surface area contributed by atoms with Gasteiger partial charge in [-0.1, -0.05) is 12.1 Å². The quantitative estimate of drug-likeness (QED) is 0.461. The Labute approximate surface area is 112 Å². The van der Waals surface area contributed by atoms with Gasteiger partial charge in [-0.15, -0.1) is 0 Å². The molecule has 0 saturated carbocycles. The number of non-ortho nitro benzene ring substituents is 1. The van der Waals surface area contributed by atoms with Gasteiger partial charge in [0.25, 0.3) is 11.6 Å². The van der Waals surface area contributed by atoms with Crippen LogP contribution in [0.5, 0.6) is 0 Å². The monoisotopic (exact) mass is 278 g/mol. The minimum atomic E-state index is -0.787. The lowest BCUT2D eigenvalue weighted by Crippen LogP contribution is -2.40. The SMILES string of the molecule is O=C1NC(C(=O)N/N=C/c2cccc([N+](=O)[O-])c2)CO1. The van der Waals surface area contributed by atoms with Crippen molar-refractivity contribution in [2.24, 2.45) is 5.10 Å². The predicted octanol–water partition coefficient (Wildman–Crippen LogP) is 0.153. The van der Waals surface area contributed by atoms with Crippen LogP contribution >= 0.6 is 0 Å². The number of hydrogen-bond donors (Lipinski definition) is 2. The van der Waals surface area contributed by atoms with Crippen molar-refractivity contribution in [3.8, 4) is 0 Å². The molecule has 1 heterocycles. The average Bonchev–Trinajstić information content (AvgIpc) is 2.86. The van der Waals surface area contributed by atoms with Crippen LogP contribution in [0.1, 0.15) is 5.56 Å². The van der Waals surface area contributed by atoms with Crippen molar-refractivity contribution in [3.63, 3.8) is 0 Å². The maximum absolute atomic E-state index is 11.5. The van der Waals surface area contributed by atoms with Crippen LogP contribution in [0.25, 0.3) is 0 Å². The Kier molecular flexibility index (Phi) is 3.89. The van der Waals surface area contributed by atoms with Crippen molar-refractivity contribution in [1.29, 1.82) is 0 Å². The molecule has 1 aromatic carbocycles. The zero-order valence-corrected chi connectivity index (χ0v) is 10.1. The second-order valence-electron chi connectivity index (χ2n) is 3.88. The first-order valence-corrected chi connectivity index (χ1v) is 5.57. The van der Waals surface area contributed by atoms with Crippen LogP contribution in [0.4, 0.5) is 10.5 Å². The number of cyclic esters (lactones) is 1. The highest BCUT2D eigenvalue weighted by Gasteiger charge is 2.28. The van der Waals surface area contributed by atoms with Crippen molar-refractivity contribution in [3.05, 3.63) is 39.9 Å². The molecule has 0 aliphatic carbocycles. The van der Waals surface area contributed by atoms with Crippen LogP contribution < -0.4 is 10.7 Å². The first kappa shape index (κ1) is 13.5. The lowest BCUT2D eigenvalue weighted by Gasteiger charge is -2.03. The molecule has 1 aliphatic heterocycles. The van der Waals surface area contributed by atoms with E-state index in [4.69, 9.17) is 0 Å². The summed E-state index contributed by atoms with van der Waals surface area (Å²) in [6, 6.07) is 4.98. The summed E-state index contributed by atoms with van der Waals surface area (Å²) in [7, 11) is 0. The molecule has 1 unspecified atom stereocenters. The molecular weight excluding hydrogens is 268 g/mol. The number of nitro groups is 1. The van der Waals surface area contributed by atoms with Crippen molar-refractivity contribution < 1.29 is 19.2 Å². The Morgan fingerprint density at radius 2 is 2.40 bits per heavy atom. The highest BCUT2D eigenvalue weighted by Crippen LogP contribution is 2.11. The molecule has 1 saturated heterocycles. The van der Waals surface area contributed by atoms with Crippen molar-refractivity contribution in [2.45, 2.75) is 6.04 Å². The van der Waals surface area contributed by atoms with Gasteiger partial charge in [-0.2, -0.15) is 5.10 Å². The molecule has 0 spiro atoms. The maximum atomic E-state index is 11.5. The van der Waals surface area contributed by atoms with E-state index >= 15 is 0 Å². The molecule has 20 heavy (non-hydrogen) atoms. The maximum Gasteiger partial charge on any atom is 0.407 e. The van der Waals surface area contributed by atoms with E-state index in [1.807, 2.05) is 0 Å². The van der Waals surface area contributed by atoms with Crippen LogP contribution in [0.3, 0.4) is 0 Å². The molecule has 1 aliphatic rings. The second kappa shape index (κ2) is 5.78. The molecule has 0 radical (unpaired) electrons. The number of ether oxygens (including phenoxy) is 1. The number of benzene rings is 1. The Hall–Kier alpha value is -2.97. The highest BCUT2D eigenvalue weighted by molar-refractivity contribution is 5.89. The van der Waals surface area contributed by atoms with E-state index < -0.39 is 23.0 Å². The Morgan fingerprint density at radius 3 is 3.05 bits per heavy atom. The zero-order chi connectivity index (χ0) is 14.5. The molecule has 1 fully saturated rings. The Morgan fingerprint density at radius 1 is 1.60 bits per heavy atom. The predicted molar refractivity (Wildman–Crippen MR) is 67.1 cm³/mol. The Balaban J connectivity index is 1.93. The molecule has 2 N–H and O–H groups in total. The normalized spacial score (nSPS) is 17.6. The topological polar surface area (TPSA) is 123 Å². The number of rotatable bonds is 4. The number of carbonyl (C=O) groups is 2. The summed E-state index contributed by atoms with van der Waals surface area (Å²) in [4.78, 5) is 32.3. The van der Waals surface area contributed by atoms with E-state index in [-0.39, 0.29) is 12.3 Å². The van der Waals surface area contributed by atoms with Crippen LogP contribution in [-0.4, -0.2) is 35.8 Å². The largest absolute Gasteiger partial charge is 0.447 e. The van der Waals surface area contributed by atoms with Gasteiger partial charge >= 0.3 is 6.09 Å². The number of carbonyl (C=O) groups excluding carboxylic acids is 2. The van der Waals surface area contributed by atoms with Crippen LogP contribution in [-0.2, 0) is 9.53 Å². The second-order valence-corrected chi connectivity index (χ2v) is 3.88. The van der Waals surface area contributed by atoms with E-state index in [9.17, 15) is 19.7 Å². The van der Waals surface area contributed by atoms with E-state index in [2.05, 4.69) is 20.6 Å². The number of nitrogens with one attached hydrogen (secondary N) is 2. The van der Waals surface area contributed by atoms with Crippen LogP contribution in [0.2, 0.25) is 0 Å². The summed E-state index contributed by atoms with van der Waals surface area (Å²) in [6.07, 6.45) is 0.607. The molecule has 0 bridgehead atoms. The van der Waals surface area contributed by atoms with Gasteiger partial charge in [0, 0.05) is 17.7 Å². The van der Waals surface area contributed by atoms with Gasteiger partial charge in [0.1, 0.15) is 12.6 Å². The first-order chi connectivity index (χ1) is 9.56. The van der Waals surface area contributed by atoms with Crippen LogP contribution in [0.15, 0.2) is 29.4 Å². The van der Waals surface area contributed by atoms with Crippen LogP contribution in [0, 0.1) is 10.1 Å². The van der Waals surface area contributed by atoms with Gasteiger partial charge in [-0.05, 0) is 0 Å². The van der Waals surface area contributed by atoms with Gasteiger partial charge in [-0.3, -0.25) is 14.9 Å². The molecule has 1 aromatic rings. The first-order valence-electron chi connectivity index (χ1n) is 5.57. The molecular formula is C11H10N4O5. The lowest BCUT2D eigenvalue weighted by atomic mass is 10.2. The van der Waals surface area contributed by atoms with Gasteiger partial charge < -0.3 is 10.1 Å². The molecule has 104 valence electrons. The Bertz CT molecular complexity index is 586. The van der Waals surface area contributed by atoms with Gasteiger partial charge in [0.05, 0.1) is 11.1 Å². The van der Waals surface area contributed by atoms with Crippen molar-refractivity contribution in [1.82, 2.24) is 10.7 Å². The fourth-order valence-electron chi connectivity index (χ4n) is 1.49. The highest BCUT2D eigenvalue weighted by atomic mass is 16.6. The fraction of sp³-hybridized carbons (Fsp3) is 0.182.